The average molecular weight is 196 g/mol. The normalized spacial score (nSPS) is 10.7. The lowest BCUT2D eigenvalue weighted by Crippen LogP contribution is -1.82. The smallest absolute Gasteiger partial charge is 0.234 e. The first-order valence-electron chi connectivity index (χ1n) is 4.63. The molecule has 3 aromatic rings. The number of imidazole rings is 1. The standard InChI is InChI=1S/C11H8N4/c1-4-13-11-14-10(8-15(11)7-1)9-2-5-12-6-3-9/h1-8H. The van der Waals surface area contributed by atoms with Crippen molar-refractivity contribution < 1.29 is 0 Å². The Morgan fingerprint density at radius 1 is 1.07 bits per heavy atom. The van der Waals surface area contributed by atoms with Crippen LogP contribution in [0.25, 0.3) is 17.0 Å². The van der Waals surface area contributed by atoms with E-state index < -0.39 is 0 Å². The largest absolute Gasteiger partial charge is 0.291 e. The van der Waals surface area contributed by atoms with E-state index in [9.17, 15) is 0 Å². The molecule has 3 heterocycles. The van der Waals surface area contributed by atoms with Crippen LogP contribution in [0.15, 0.2) is 49.2 Å². The lowest BCUT2D eigenvalue weighted by molar-refractivity contribution is 1.11. The second kappa shape index (κ2) is 3.16. The second-order valence-electron chi connectivity index (χ2n) is 3.19. The molecule has 0 bridgehead atoms. The van der Waals surface area contributed by atoms with Gasteiger partial charge < -0.3 is 0 Å². The maximum atomic E-state index is 4.41. The van der Waals surface area contributed by atoms with E-state index >= 15 is 0 Å². The molecule has 3 aromatic heterocycles. The Morgan fingerprint density at radius 2 is 1.93 bits per heavy atom. The van der Waals surface area contributed by atoms with Gasteiger partial charge in [0.1, 0.15) is 0 Å². The maximum absolute atomic E-state index is 4.41. The summed E-state index contributed by atoms with van der Waals surface area (Å²) in [5, 5.41) is 0. The molecule has 0 spiro atoms. The van der Waals surface area contributed by atoms with Gasteiger partial charge in [-0.1, -0.05) is 0 Å². The average Bonchev–Trinajstić information content (AvgIpc) is 2.74. The number of hydrogen-bond donors (Lipinski definition) is 0. The first-order valence-corrected chi connectivity index (χ1v) is 4.63. The molecule has 4 heteroatoms. The van der Waals surface area contributed by atoms with Gasteiger partial charge in [-0.3, -0.25) is 9.38 Å². The van der Waals surface area contributed by atoms with Crippen molar-refractivity contribution in [3.05, 3.63) is 49.2 Å². The van der Waals surface area contributed by atoms with Crippen LogP contribution in [0.2, 0.25) is 0 Å². The molecule has 0 fully saturated rings. The van der Waals surface area contributed by atoms with Gasteiger partial charge in [0, 0.05) is 36.5 Å². The van der Waals surface area contributed by atoms with Crippen molar-refractivity contribution in [1.29, 1.82) is 0 Å². The van der Waals surface area contributed by atoms with Crippen molar-refractivity contribution in [2.45, 2.75) is 0 Å². The van der Waals surface area contributed by atoms with Crippen molar-refractivity contribution in [3.63, 3.8) is 0 Å². The van der Waals surface area contributed by atoms with Crippen LogP contribution < -0.4 is 0 Å². The minimum Gasteiger partial charge on any atom is -0.291 e. The van der Waals surface area contributed by atoms with Crippen molar-refractivity contribution in [2.24, 2.45) is 0 Å². The molecular formula is C11H8N4. The van der Waals surface area contributed by atoms with Crippen LogP contribution in [-0.2, 0) is 0 Å². The summed E-state index contributed by atoms with van der Waals surface area (Å²) in [5.41, 5.74) is 1.96. The Hall–Kier alpha value is -2.23. The summed E-state index contributed by atoms with van der Waals surface area (Å²) in [4.78, 5) is 12.5. The maximum Gasteiger partial charge on any atom is 0.234 e. The summed E-state index contributed by atoms with van der Waals surface area (Å²) in [6.07, 6.45) is 9.13. The van der Waals surface area contributed by atoms with Crippen LogP contribution in [0.3, 0.4) is 0 Å². The number of hydrogen-bond acceptors (Lipinski definition) is 3. The molecule has 0 saturated heterocycles. The lowest BCUT2D eigenvalue weighted by atomic mass is 10.2. The molecule has 0 atom stereocenters. The predicted octanol–water partition coefficient (Wildman–Crippen LogP) is 1.79. The molecule has 0 aliphatic carbocycles. The lowest BCUT2D eigenvalue weighted by Gasteiger charge is -1.91. The summed E-state index contributed by atoms with van der Waals surface area (Å²) in [5.74, 6) is 0.712. The number of nitrogens with zero attached hydrogens (tertiary/aromatic N) is 4. The third kappa shape index (κ3) is 1.36. The molecule has 4 nitrogen and oxygen atoms in total. The van der Waals surface area contributed by atoms with E-state index in [4.69, 9.17) is 0 Å². The Morgan fingerprint density at radius 3 is 2.73 bits per heavy atom. The molecule has 0 radical (unpaired) electrons. The Kier molecular flexibility index (Phi) is 1.71. The number of pyridine rings is 1. The molecule has 3 rings (SSSR count). The molecular weight excluding hydrogens is 188 g/mol. The van der Waals surface area contributed by atoms with Crippen LogP contribution in [0.4, 0.5) is 0 Å². The zero-order valence-electron chi connectivity index (χ0n) is 7.91. The van der Waals surface area contributed by atoms with Crippen LogP contribution in [0, 0.1) is 0 Å². The Bertz CT molecular complexity index is 553. The molecule has 0 aliphatic rings. The molecule has 15 heavy (non-hydrogen) atoms. The summed E-state index contributed by atoms with van der Waals surface area (Å²) in [6, 6.07) is 5.74. The van der Waals surface area contributed by atoms with Gasteiger partial charge in [0.15, 0.2) is 0 Å². The molecule has 0 unspecified atom stereocenters. The minimum atomic E-state index is 0.712. The number of rotatable bonds is 1. The highest BCUT2D eigenvalue weighted by atomic mass is 15.1. The Labute approximate surface area is 86.3 Å². The van der Waals surface area contributed by atoms with Gasteiger partial charge in [-0.15, -0.1) is 0 Å². The quantitative estimate of drug-likeness (QED) is 0.596. The van der Waals surface area contributed by atoms with E-state index in [-0.39, 0.29) is 0 Å². The van der Waals surface area contributed by atoms with Crippen molar-refractivity contribution >= 4 is 5.78 Å². The van der Waals surface area contributed by atoms with Crippen molar-refractivity contribution in [3.8, 4) is 11.3 Å². The minimum absolute atomic E-state index is 0.712. The van der Waals surface area contributed by atoms with E-state index in [0.717, 1.165) is 11.3 Å². The van der Waals surface area contributed by atoms with Crippen molar-refractivity contribution in [2.75, 3.05) is 0 Å². The fraction of sp³-hybridized carbons (Fsp3) is 0. The van der Waals surface area contributed by atoms with Crippen LogP contribution in [0.1, 0.15) is 0 Å². The molecule has 72 valence electrons. The first kappa shape index (κ1) is 8.11. The van der Waals surface area contributed by atoms with E-state index in [2.05, 4.69) is 15.0 Å². The highest BCUT2D eigenvalue weighted by Gasteiger charge is 2.03. The van der Waals surface area contributed by atoms with Crippen LogP contribution >= 0.6 is 0 Å². The van der Waals surface area contributed by atoms with Gasteiger partial charge >= 0.3 is 0 Å². The van der Waals surface area contributed by atoms with E-state index in [1.807, 2.05) is 35.0 Å². The van der Waals surface area contributed by atoms with E-state index in [1.54, 1.807) is 18.6 Å². The topological polar surface area (TPSA) is 43.1 Å². The molecule has 0 aliphatic heterocycles. The third-order valence-electron chi connectivity index (χ3n) is 2.21. The van der Waals surface area contributed by atoms with Gasteiger partial charge in [-0.05, 0) is 18.2 Å². The number of fused-ring (bicyclic) bond motifs is 1. The van der Waals surface area contributed by atoms with Gasteiger partial charge in [0.2, 0.25) is 5.78 Å². The number of aromatic nitrogens is 4. The highest BCUT2D eigenvalue weighted by molar-refractivity contribution is 5.60. The fourth-order valence-corrected chi connectivity index (χ4v) is 1.49. The van der Waals surface area contributed by atoms with E-state index in [0.29, 0.717) is 5.78 Å². The molecule has 0 amide bonds. The highest BCUT2D eigenvalue weighted by Crippen LogP contribution is 2.16. The summed E-state index contributed by atoms with van der Waals surface area (Å²) < 4.78 is 1.90. The molecule has 0 saturated carbocycles. The zero-order valence-corrected chi connectivity index (χ0v) is 7.91. The van der Waals surface area contributed by atoms with E-state index in [1.165, 1.54) is 0 Å². The van der Waals surface area contributed by atoms with Gasteiger partial charge in [0.05, 0.1) is 5.69 Å². The summed E-state index contributed by atoms with van der Waals surface area (Å²) in [6.45, 7) is 0. The third-order valence-corrected chi connectivity index (χ3v) is 2.21. The molecule has 0 N–H and O–H groups in total. The second-order valence-corrected chi connectivity index (χ2v) is 3.19. The van der Waals surface area contributed by atoms with Crippen LogP contribution in [-0.4, -0.2) is 19.4 Å². The zero-order chi connectivity index (χ0) is 10.1. The summed E-state index contributed by atoms with van der Waals surface area (Å²) >= 11 is 0. The SMILES string of the molecule is c1cnc2nc(-c3ccncc3)cn2c1. The monoisotopic (exact) mass is 196 g/mol. The van der Waals surface area contributed by atoms with Crippen molar-refractivity contribution in [1.82, 2.24) is 19.4 Å². The van der Waals surface area contributed by atoms with Gasteiger partial charge in [-0.25, -0.2) is 9.97 Å². The Balaban J connectivity index is 2.21. The van der Waals surface area contributed by atoms with Gasteiger partial charge in [0.25, 0.3) is 0 Å². The predicted molar refractivity (Wildman–Crippen MR) is 56.2 cm³/mol. The fourth-order valence-electron chi connectivity index (χ4n) is 1.49. The first-order chi connectivity index (χ1) is 7.43. The van der Waals surface area contributed by atoms with Crippen LogP contribution in [0.5, 0.6) is 0 Å². The van der Waals surface area contributed by atoms with Gasteiger partial charge in [-0.2, -0.15) is 0 Å². The molecule has 0 aromatic carbocycles. The summed E-state index contributed by atoms with van der Waals surface area (Å²) in [7, 11) is 0.